The van der Waals surface area contributed by atoms with Gasteiger partial charge in [-0.1, -0.05) is 15.9 Å². The number of likely N-dealkylation sites (N-methyl/N-ethyl adjacent to an activating group) is 1. The molecule has 1 aromatic carbocycles. The highest BCUT2D eigenvalue weighted by atomic mass is 79.9. The van der Waals surface area contributed by atoms with Crippen molar-refractivity contribution in [3.8, 4) is 0 Å². The summed E-state index contributed by atoms with van der Waals surface area (Å²) in [6.07, 6.45) is 0. The second-order valence-corrected chi connectivity index (χ2v) is 7.60. The maximum Gasteiger partial charge on any atom is 0.338 e. The number of halogens is 2. The van der Waals surface area contributed by atoms with Crippen molar-refractivity contribution in [2.24, 2.45) is 0 Å². The molecule has 9 heteroatoms. The van der Waals surface area contributed by atoms with Crippen LogP contribution in [0.5, 0.6) is 0 Å². The summed E-state index contributed by atoms with van der Waals surface area (Å²) in [6.45, 7) is 1.57. The summed E-state index contributed by atoms with van der Waals surface area (Å²) in [7, 11) is -2.19. The molecule has 0 amide bonds. The first-order valence-electron chi connectivity index (χ1n) is 6.14. The van der Waals surface area contributed by atoms with E-state index in [1.165, 1.54) is 4.31 Å². The van der Waals surface area contributed by atoms with E-state index < -0.39 is 32.3 Å². The van der Waals surface area contributed by atoms with Gasteiger partial charge in [0.2, 0.25) is 10.0 Å². The summed E-state index contributed by atoms with van der Waals surface area (Å²) in [5.74, 6) is -2.74. The Hall–Kier alpha value is -1.03. The van der Waals surface area contributed by atoms with Gasteiger partial charge in [-0.05, 0) is 19.2 Å². The molecule has 116 valence electrons. The first-order valence-corrected chi connectivity index (χ1v) is 8.38. The zero-order valence-corrected chi connectivity index (χ0v) is 13.6. The SMILES string of the molecule is CN1CCN(S(=O)(=O)c2cc(Br)cc(C(=O)O)c2F)CC1. The molecule has 0 spiro atoms. The van der Waals surface area contributed by atoms with Gasteiger partial charge in [0.05, 0.1) is 5.56 Å². The highest BCUT2D eigenvalue weighted by Crippen LogP contribution is 2.27. The average Bonchev–Trinajstić information content (AvgIpc) is 2.41. The van der Waals surface area contributed by atoms with E-state index in [-0.39, 0.29) is 17.6 Å². The fourth-order valence-electron chi connectivity index (χ4n) is 2.08. The normalized spacial score (nSPS) is 17.9. The van der Waals surface area contributed by atoms with E-state index in [9.17, 15) is 17.6 Å². The van der Waals surface area contributed by atoms with Crippen LogP contribution in [-0.4, -0.2) is 61.9 Å². The van der Waals surface area contributed by atoms with Crippen LogP contribution in [0, 0.1) is 5.82 Å². The van der Waals surface area contributed by atoms with Crippen molar-refractivity contribution in [3.05, 3.63) is 28.0 Å². The van der Waals surface area contributed by atoms with Crippen LogP contribution in [0.4, 0.5) is 4.39 Å². The number of sulfonamides is 1. The van der Waals surface area contributed by atoms with Gasteiger partial charge in [-0.3, -0.25) is 0 Å². The molecule has 0 saturated carbocycles. The van der Waals surface area contributed by atoms with E-state index in [1.807, 2.05) is 11.9 Å². The molecule has 0 atom stereocenters. The summed E-state index contributed by atoms with van der Waals surface area (Å²) >= 11 is 3.02. The number of rotatable bonds is 3. The first-order chi connectivity index (χ1) is 9.73. The maximum absolute atomic E-state index is 14.2. The van der Waals surface area contributed by atoms with Crippen LogP contribution in [0.15, 0.2) is 21.5 Å². The van der Waals surface area contributed by atoms with Gasteiger partial charge in [-0.15, -0.1) is 0 Å². The molecule has 1 heterocycles. The number of benzene rings is 1. The van der Waals surface area contributed by atoms with Crippen molar-refractivity contribution in [2.75, 3.05) is 33.2 Å². The van der Waals surface area contributed by atoms with Gasteiger partial charge in [0.15, 0.2) is 5.82 Å². The van der Waals surface area contributed by atoms with Crippen molar-refractivity contribution >= 4 is 31.9 Å². The van der Waals surface area contributed by atoms with Crippen molar-refractivity contribution < 1.29 is 22.7 Å². The number of hydrogen-bond acceptors (Lipinski definition) is 4. The van der Waals surface area contributed by atoms with E-state index in [0.717, 1.165) is 12.1 Å². The summed E-state index contributed by atoms with van der Waals surface area (Å²) in [5.41, 5.74) is -0.669. The lowest BCUT2D eigenvalue weighted by Gasteiger charge is -2.31. The number of carboxylic acids is 1. The lowest BCUT2D eigenvalue weighted by atomic mass is 10.2. The molecule has 1 fully saturated rings. The average molecular weight is 381 g/mol. The van der Waals surface area contributed by atoms with Crippen LogP contribution >= 0.6 is 15.9 Å². The minimum atomic E-state index is -4.06. The Morgan fingerprint density at radius 1 is 1.29 bits per heavy atom. The number of hydrogen-bond donors (Lipinski definition) is 1. The van der Waals surface area contributed by atoms with Gasteiger partial charge in [0.1, 0.15) is 4.90 Å². The van der Waals surface area contributed by atoms with Crippen LogP contribution in [0.2, 0.25) is 0 Å². The molecule has 2 rings (SSSR count). The van der Waals surface area contributed by atoms with Gasteiger partial charge in [0, 0.05) is 30.7 Å². The number of carbonyl (C=O) groups is 1. The molecule has 0 bridgehead atoms. The molecular formula is C12H14BrFN2O4S. The molecule has 0 radical (unpaired) electrons. The van der Waals surface area contributed by atoms with E-state index in [4.69, 9.17) is 5.11 Å². The second-order valence-electron chi connectivity index (χ2n) is 4.78. The molecule has 1 N–H and O–H groups in total. The lowest BCUT2D eigenvalue weighted by Crippen LogP contribution is -2.47. The number of aromatic carboxylic acids is 1. The monoisotopic (exact) mass is 380 g/mol. The van der Waals surface area contributed by atoms with Crippen molar-refractivity contribution in [1.29, 1.82) is 0 Å². The second kappa shape index (κ2) is 5.99. The molecule has 0 aliphatic carbocycles. The quantitative estimate of drug-likeness (QED) is 0.852. The predicted octanol–water partition coefficient (Wildman–Crippen LogP) is 1.22. The number of carboxylic acid groups (broad SMARTS) is 1. The smallest absolute Gasteiger partial charge is 0.338 e. The number of nitrogens with zero attached hydrogens (tertiary/aromatic N) is 2. The largest absolute Gasteiger partial charge is 0.478 e. The van der Waals surface area contributed by atoms with Gasteiger partial charge in [0.25, 0.3) is 0 Å². The molecule has 1 aliphatic heterocycles. The Morgan fingerprint density at radius 3 is 2.38 bits per heavy atom. The minimum Gasteiger partial charge on any atom is -0.478 e. The first kappa shape index (κ1) is 16.3. The fraction of sp³-hybridized carbons (Fsp3) is 0.417. The van der Waals surface area contributed by atoms with Crippen LogP contribution in [0.3, 0.4) is 0 Å². The highest BCUT2D eigenvalue weighted by molar-refractivity contribution is 9.10. The van der Waals surface area contributed by atoms with Crippen molar-refractivity contribution in [3.63, 3.8) is 0 Å². The highest BCUT2D eigenvalue weighted by Gasteiger charge is 2.32. The van der Waals surface area contributed by atoms with Crippen molar-refractivity contribution in [2.45, 2.75) is 4.90 Å². The van der Waals surface area contributed by atoms with Gasteiger partial charge in [-0.2, -0.15) is 4.31 Å². The third-order valence-electron chi connectivity index (χ3n) is 3.31. The minimum absolute atomic E-state index is 0.203. The Labute approximate surface area is 130 Å². The molecule has 1 saturated heterocycles. The third kappa shape index (κ3) is 3.25. The molecule has 0 unspecified atom stereocenters. The summed E-state index contributed by atoms with van der Waals surface area (Å²) in [6, 6.07) is 2.14. The summed E-state index contributed by atoms with van der Waals surface area (Å²) < 4.78 is 40.6. The van der Waals surface area contributed by atoms with Crippen LogP contribution < -0.4 is 0 Å². The topological polar surface area (TPSA) is 77.9 Å². The molecular weight excluding hydrogens is 367 g/mol. The molecule has 21 heavy (non-hydrogen) atoms. The van der Waals surface area contributed by atoms with Crippen LogP contribution in [0.1, 0.15) is 10.4 Å². The third-order valence-corrected chi connectivity index (χ3v) is 5.67. The standard InChI is InChI=1S/C12H14BrFN2O4S/c1-15-2-4-16(5-3-15)21(19,20)10-7-8(13)6-9(11(10)14)12(17)18/h6-7H,2-5H2,1H3,(H,17,18). The zero-order valence-electron chi connectivity index (χ0n) is 11.2. The molecule has 0 aromatic heterocycles. The van der Waals surface area contributed by atoms with E-state index in [2.05, 4.69) is 15.9 Å². The predicted molar refractivity (Wildman–Crippen MR) is 77.3 cm³/mol. The van der Waals surface area contributed by atoms with E-state index in [0.29, 0.717) is 13.1 Å². The zero-order chi connectivity index (χ0) is 15.8. The Balaban J connectivity index is 2.47. The Kier molecular flexibility index (Phi) is 4.66. The van der Waals surface area contributed by atoms with Gasteiger partial charge >= 0.3 is 5.97 Å². The number of piperazine rings is 1. The van der Waals surface area contributed by atoms with E-state index >= 15 is 0 Å². The van der Waals surface area contributed by atoms with Gasteiger partial charge in [-0.25, -0.2) is 17.6 Å². The van der Waals surface area contributed by atoms with Crippen LogP contribution in [-0.2, 0) is 10.0 Å². The van der Waals surface area contributed by atoms with Gasteiger partial charge < -0.3 is 10.0 Å². The van der Waals surface area contributed by atoms with E-state index in [1.54, 1.807) is 0 Å². The maximum atomic E-state index is 14.2. The summed E-state index contributed by atoms with van der Waals surface area (Å²) in [4.78, 5) is 12.3. The Bertz CT molecular complexity index is 672. The Morgan fingerprint density at radius 2 is 1.86 bits per heavy atom. The molecule has 6 nitrogen and oxygen atoms in total. The molecule has 1 aromatic rings. The lowest BCUT2D eigenvalue weighted by molar-refractivity contribution is 0.0691. The van der Waals surface area contributed by atoms with Crippen molar-refractivity contribution in [1.82, 2.24) is 9.21 Å². The van der Waals surface area contributed by atoms with Crippen LogP contribution in [0.25, 0.3) is 0 Å². The fourth-order valence-corrected chi connectivity index (χ4v) is 4.22. The molecule has 1 aliphatic rings. The summed E-state index contributed by atoms with van der Waals surface area (Å²) in [5, 5.41) is 8.95.